The molecule has 0 aromatic heterocycles. The fourth-order valence-corrected chi connectivity index (χ4v) is 6.06. The first-order valence-electron chi connectivity index (χ1n) is 9.05. The molecule has 2 saturated heterocycles. The molecule has 3 rings (SSSR count). The summed E-state index contributed by atoms with van der Waals surface area (Å²) in [5.41, 5.74) is 0. The van der Waals surface area contributed by atoms with Crippen molar-refractivity contribution in [2.24, 2.45) is 5.92 Å². The molecule has 1 saturated carbocycles. The smallest absolute Gasteiger partial charge is 0.281 e. The summed E-state index contributed by atoms with van der Waals surface area (Å²) in [4.78, 5) is 0. The van der Waals surface area contributed by atoms with Gasteiger partial charge >= 0.3 is 0 Å². The maximum absolute atomic E-state index is 12.8. The second-order valence-electron chi connectivity index (χ2n) is 7.26. The van der Waals surface area contributed by atoms with E-state index in [9.17, 15) is 8.42 Å². The molecule has 0 bridgehead atoms. The fourth-order valence-electron chi connectivity index (χ4n) is 4.44. The van der Waals surface area contributed by atoms with Gasteiger partial charge in [0.05, 0.1) is 0 Å². The lowest BCUT2D eigenvalue weighted by molar-refractivity contribution is 0.210. The zero-order valence-electron chi connectivity index (χ0n) is 13.8. The maximum atomic E-state index is 12.8. The minimum Gasteiger partial charge on any atom is -0.314 e. The predicted octanol–water partition coefficient (Wildman–Crippen LogP) is 1.96. The van der Waals surface area contributed by atoms with Gasteiger partial charge in [0.1, 0.15) is 0 Å². The minimum absolute atomic E-state index is 0.216. The van der Waals surface area contributed by atoms with E-state index in [2.05, 4.69) is 5.32 Å². The monoisotopic (exact) mass is 329 g/mol. The molecule has 22 heavy (non-hydrogen) atoms. The van der Waals surface area contributed by atoms with Gasteiger partial charge in [0.15, 0.2) is 0 Å². The van der Waals surface area contributed by atoms with Gasteiger partial charge in [-0.1, -0.05) is 19.3 Å². The average molecular weight is 330 g/mol. The van der Waals surface area contributed by atoms with Crippen molar-refractivity contribution in [3.8, 4) is 0 Å². The molecule has 0 aromatic rings. The van der Waals surface area contributed by atoms with Gasteiger partial charge in [0.25, 0.3) is 10.2 Å². The summed E-state index contributed by atoms with van der Waals surface area (Å²) < 4.78 is 29.1. The number of nitrogens with zero attached hydrogens (tertiary/aromatic N) is 2. The van der Waals surface area contributed by atoms with Crippen LogP contribution in [0, 0.1) is 5.92 Å². The third-order valence-corrected chi connectivity index (χ3v) is 7.99. The van der Waals surface area contributed by atoms with E-state index in [4.69, 9.17) is 0 Å². The number of hydrogen-bond acceptors (Lipinski definition) is 3. The Hall–Kier alpha value is -0.170. The summed E-state index contributed by atoms with van der Waals surface area (Å²) in [5, 5.41) is 3.58. The van der Waals surface area contributed by atoms with Crippen LogP contribution in [0.5, 0.6) is 0 Å². The summed E-state index contributed by atoms with van der Waals surface area (Å²) in [6.07, 6.45) is 10.2. The fraction of sp³-hybridized carbons (Fsp3) is 1.00. The van der Waals surface area contributed by atoms with Crippen molar-refractivity contribution < 1.29 is 8.42 Å². The van der Waals surface area contributed by atoms with Crippen molar-refractivity contribution in [2.75, 3.05) is 26.7 Å². The number of rotatable bonds is 4. The first-order chi connectivity index (χ1) is 10.6. The maximum Gasteiger partial charge on any atom is 0.281 e. The highest BCUT2D eigenvalue weighted by atomic mass is 32.2. The summed E-state index contributed by atoms with van der Waals surface area (Å²) in [6.45, 7) is 2.53. The van der Waals surface area contributed by atoms with Crippen molar-refractivity contribution >= 4 is 10.2 Å². The average Bonchev–Trinajstić information content (AvgIpc) is 3.09. The molecule has 5 nitrogen and oxygen atoms in total. The van der Waals surface area contributed by atoms with Crippen LogP contribution in [0.2, 0.25) is 0 Å². The second-order valence-corrected chi connectivity index (χ2v) is 9.24. The molecule has 1 aliphatic carbocycles. The van der Waals surface area contributed by atoms with Gasteiger partial charge in [-0.05, 0) is 51.0 Å². The Balaban J connectivity index is 1.56. The van der Waals surface area contributed by atoms with E-state index in [1.807, 2.05) is 0 Å². The molecule has 0 radical (unpaired) electrons. The predicted molar refractivity (Wildman–Crippen MR) is 88.9 cm³/mol. The van der Waals surface area contributed by atoms with E-state index in [1.54, 1.807) is 15.7 Å². The summed E-state index contributed by atoms with van der Waals surface area (Å²) in [7, 11) is -1.47. The Bertz CT molecular complexity index is 448. The van der Waals surface area contributed by atoms with Crippen LogP contribution in [-0.2, 0) is 10.2 Å². The number of hydrogen-bond donors (Lipinski definition) is 1. The SMILES string of the molecule is CN(C1CCCCC1)S(=O)(=O)N1CCC(C2CCCN2)CC1. The molecule has 1 N–H and O–H groups in total. The van der Waals surface area contributed by atoms with Gasteiger partial charge in [0, 0.05) is 32.2 Å². The molecule has 2 heterocycles. The van der Waals surface area contributed by atoms with Gasteiger partial charge in [-0.2, -0.15) is 17.0 Å². The highest BCUT2D eigenvalue weighted by Crippen LogP contribution is 2.29. The third-order valence-electron chi connectivity index (χ3n) is 5.95. The van der Waals surface area contributed by atoms with Crippen LogP contribution in [0.4, 0.5) is 0 Å². The largest absolute Gasteiger partial charge is 0.314 e. The van der Waals surface area contributed by atoms with Crippen LogP contribution in [-0.4, -0.2) is 55.8 Å². The van der Waals surface area contributed by atoms with Gasteiger partial charge in [0.2, 0.25) is 0 Å². The zero-order chi connectivity index (χ0) is 15.6. The Labute approximate surface area is 135 Å². The van der Waals surface area contributed by atoms with E-state index in [-0.39, 0.29) is 6.04 Å². The molecule has 1 atom stereocenters. The molecule has 0 spiro atoms. The van der Waals surface area contributed by atoms with E-state index < -0.39 is 10.2 Å². The molecule has 3 fully saturated rings. The standard InChI is InChI=1S/C16H31N3O2S/c1-18(15-6-3-2-4-7-15)22(20,21)19-12-9-14(10-13-19)16-8-5-11-17-16/h14-17H,2-13H2,1H3. The van der Waals surface area contributed by atoms with Crippen molar-refractivity contribution in [3.63, 3.8) is 0 Å². The second kappa shape index (κ2) is 7.16. The quantitative estimate of drug-likeness (QED) is 0.858. The Morgan fingerprint density at radius 3 is 2.23 bits per heavy atom. The Kier molecular flexibility index (Phi) is 5.43. The summed E-state index contributed by atoms with van der Waals surface area (Å²) in [6, 6.07) is 0.842. The third kappa shape index (κ3) is 3.50. The lowest BCUT2D eigenvalue weighted by Gasteiger charge is -2.38. The van der Waals surface area contributed by atoms with Crippen LogP contribution in [0.3, 0.4) is 0 Å². The molecule has 3 aliphatic rings. The van der Waals surface area contributed by atoms with E-state index in [1.165, 1.54) is 32.1 Å². The van der Waals surface area contributed by atoms with Gasteiger partial charge in [-0.15, -0.1) is 0 Å². The molecule has 6 heteroatoms. The van der Waals surface area contributed by atoms with E-state index >= 15 is 0 Å². The van der Waals surface area contributed by atoms with Crippen molar-refractivity contribution in [1.82, 2.24) is 13.9 Å². The molecule has 0 amide bonds. The number of nitrogens with one attached hydrogen (secondary N) is 1. The lowest BCUT2D eigenvalue weighted by atomic mass is 9.89. The highest BCUT2D eigenvalue weighted by molar-refractivity contribution is 7.86. The van der Waals surface area contributed by atoms with Crippen LogP contribution >= 0.6 is 0 Å². The summed E-state index contributed by atoms with van der Waals surface area (Å²) >= 11 is 0. The van der Waals surface area contributed by atoms with Crippen molar-refractivity contribution in [2.45, 2.75) is 69.9 Å². The van der Waals surface area contributed by atoms with Crippen LogP contribution in [0.15, 0.2) is 0 Å². The Morgan fingerprint density at radius 1 is 0.955 bits per heavy atom. The zero-order valence-corrected chi connectivity index (χ0v) is 14.7. The van der Waals surface area contributed by atoms with Gasteiger partial charge in [-0.3, -0.25) is 0 Å². The van der Waals surface area contributed by atoms with E-state index in [0.717, 1.165) is 32.2 Å². The van der Waals surface area contributed by atoms with Crippen LogP contribution in [0.1, 0.15) is 57.8 Å². The molecular weight excluding hydrogens is 298 g/mol. The molecule has 128 valence electrons. The van der Waals surface area contributed by atoms with Crippen molar-refractivity contribution in [3.05, 3.63) is 0 Å². The van der Waals surface area contributed by atoms with Gasteiger partial charge < -0.3 is 5.32 Å². The molecule has 0 aromatic carbocycles. The first kappa shape index (κ1) is 16.7. The van der Waals surface area contributed by atoms with E-state index in [0.29, 0.717) is 25.0 Å². The normalized spacial score (nSPS) is 30.2. The topological polar surface area (TPSA) is 52.7 Å². The molecule has 2 aliphatic heterocycles. The van der Waals surface area contributed by atoms with Crippen LogP contribution < -0.4 is 5.32 Å². The molecule has 1 unspecified atom stereocenters. The minimum atomic E-state index is -3.26. The first-order valence-corrected chi connectivity index (χ1v) is 10.5. The van der Waals surface area contributed by atoms with Crippen LogP contribution in [0.25, 0.3) is 0 Å². The number of piperidine rings is 1. The van der Waals surface area contributed by atoms with Gasteiger partial charge in [-0.25, -0.2) is 0 Å². The Morgan fingerprint density at radius 2 is 1.64 bits per heavy atom. The highest BCUT2D eigenvalue weighted by Gasteiger charge is 2.36. The van der Waals surface area contributed by atoms with Crippen molar-refractivity contribution in [1.29, 1.82) is 0 Å². The summed E-state index contributed by atoms with van der Waals surface area (Å²) in [5.74, 6) is 0.661. The molecular formula is C16H31N3O2S. The lowest BCUT2D eigenvalue weighted by Crippen LogP contribution is -2.50.